The Labute approximate surface area is 129 Å². The van der Waals surface area contributed by atoms with E-state index in [1.54, 1.807) is 6.07 Å². The predicted octanol–water partition coefficient (Wildman–Crippen LogP) is 4.80. The standard InChI is InChI=1S/C16H12BrFN2O/c1-9-4-2-3-5-13(9)14-15(21-20-16(14)19)10-6-11(17)8-12(18)7-10/h2-8H,1H3,(H2,19,20). The maximum atomic E-state index is 13.6. The van der Waals surface area contributed by atoms with Crippen molar-refractivity contribution in [3.8, 4) is 22.5 Å². The van der Waals surface area contributed by atoms with E-state index in [4.69, 9.17) is 10.3 Å². The average Bonchev–Trinajstić information content (AvgIpc) is 2.80. The normalized spacial score (nSPS) is 10.8. The minimum Gasteiger partial charge on any atom is -0.380 e. The first kappa shape index (κ1) is 13.8. The molecule has 0 fully saturated rings. The topological polar surface area (TPSA) is 52.0 Å². The van der Waals surface area contributed by atoms with Gasteiger partial charge in [-0.2, -0.15) is 0 Å². The molecule has 2 N–H and O–H groups in total. The first-order valence-electron chi connectivity index (χ1n) is 6.34. The molecule has 0 radical (unpaired) electrons. The van der Waals surface area contributed by atoms with Gasteiger partial charge in [0.25, 0.3) is 0 Å². The summed E-state index contributed by atoms with van der Waals surface area (Å²) in [5.41, 5.74) is 9.19. The van der Waals surface area contributed by atoms with Crippen molar-refractivity contribution in [2.45, 2.75) is 6.92 Å². The SMILES string of the molecule is Cc1ccccc1-c1c(N)noc1-c1cc(F)cc(Br)c1. The molecule has 0 aliphatic heterocycles. The van der Waals surface area contributed by atoms with Gasteiger partial charge in [-0.05, 0) is 36.2 Å². The molecule has 0 aliphatic carbocycles. The fraction of sp³-hybridized carbons (Fsp3) is 0.0625. The van der Waals surface area contributed by atoms with Crippen LogP contribution in [0.3, 0.4) is 0 Å². The number of rotatable bonds is 2. The molecule has 0 saturated heterocycles. The summed E-state index contributed by atoms with van der Waals surface area (Å²) >= 11 is 3.28. The van der Waals surface area contributed by atoms with Crippen molar-refractivity contribution in [2.24, 2.45) is 0 Å². The van der Waals surface area contributed by atoms with Gasteiger partial charge in [-0.25, -0.2) is 4.39 Å². The maximum Gasteiger partial charge on any atom is 0.177 e. The van der Waals surface area contributed by atoms with E-state index >= 15 is 0 Å². The van der Waals surface area contributed by atoms with E-state index in [0.717, 1.165) is 11.1 Å². The molecule has 0 amide bonds. The van der Waals surface area contributed by atoms with Crippen LogP contribution >= 0.6 is 15.9 Å². The largest absolute Gasteiger partial charge is 0.380 e. The highest BCUT2D eigenvalue weighted by Crippen LogP contribution is 2.38. The van der Waals surface area contributed by atoms with Gasteiger partial charge < -0.3 is 10.3 Å². The molecule has 3 nitrogen and oxygen atoms in total. The summed E-state index contributed by atoms with van der Waals surface area (Å²) in [6, 6.07) is 12.3. The highest BCUT2D eigenvalue weighted by atomic mass is 79.9. The van der Waals surface area contributed by atoms with Crippen molar-refractivity contribution in [3.63, 3.8) is 0 Å². The number of aryl methyl sites for hydroxylation is 1. The van der Waals surface area contributed by atoms with E-state index in [9.17, 15) is 4.39 Å². The van der Waals surface area contributed by atoms with Crippen LogP contribution in [0.4, 0.5) is 10.2 Å². The molecule has 0 unspecified atom stereocenters. The summed E-state index contributed by atoms with van der Waals surface area (Å²) in [7, 11) is 0. The average molecular weight is 347 g/mol. The third-order valence-electron chi connectivity index (χ3n) is 3.26. The highest BCUT2D eigenvalue weighted by molar-refractivity contribution is 9.10. The van der Waals surface area contributed by atoms with Gasteiger partial charge in [0, 0.05) is 10.0 Å². The number of hydrogen-bond donors (Lipinski definition) is 1. The number of anilines is 1. The van der Waals surface area contributed by atoms with Crippen LogP contribution < -0.4 is 5.73 Å². The minimum atomic E-state index is -0.356. The summed E-state index contributed by atoms with van der Waals surface area (Å²) in [5.74, 6) is 0.395. The zero-order valence-electron chi connectivity index (χ0n) is 11.2. The fourth-order valence-electron chi connectivity index (χ4n) is 2.30. The van der Waals surface area contributed by atoms with E-state index in [1.165, 1.54) is 12.1 Å². The Morgan fingerprint density at radius 1 is 1.19 bits per heavy atom. The lowest BCUT2D eigenvalue weighted by molar-refractivity contribution is 0.435. The van der Waals surface area contributed by atoms with E-state index in [2.05, 4.69) is 21.1 Å². The summed E-state index contributed by atoms with van der Waals surface area (Å²) in [5, 5.41) is 3.83. The van der Waals surface area contributed by atoms with Crippen LogP contribution in [0.15, 0.2) is 51.5 Å². The van der Waals surface area contributed by atoms with E-state index in [-0.39, 0.29) is 5.82 Å². The van der Waals surface area contributed by atoms with Crippen molar-refractivity contribution in [1.29, 1.82) is 0 Å². The Hall–Kier alpha value is -2.14. The molecule has 0 atom stereocenters. The van der Waals surface area contributed by atoms with Crippen LogP contribution in [0.1, 0.15) is 5.56 Å². The number of benzene rings is 2. The second-order valence-electron chi connectivity index (χ2n) is 4.74. The molecule has 2 aromatic carbocycles. The minimum absolute atomic E-state index is 0.291. The molecule has 0 bridgehead atoms. The number of hydrogen-bond acceptors (Lipinski definition) is 3. The lowest BCUT2D eigenvalue weighted by atomic mass is 9.98. The van der Waals surface area contributed by atoms with Gasteiger partial charge in [0.15, 0.2) is 11.6 Å². The van der Waals surface area contributed by atoms with Gasteiger partial charge in [-0.15, -0.1) is 0 Å². The van der Waals surface area contributed by atoms with Crippen LogP contribution in [0.5, 0.6) is 0 Å². The second kappa shape index (κ2) is 5.33. The molecular formula is C16H12BrFN2O. The second-order valence-corrected chi connectivity index (χ2v) is 5.66. The van der Waals surface area contributed by atoms with Gasteiger partial charge >= 0.3 is 0 Å². The van der Waals surface area contributed by atoms with Crippen LogP contribution in [-0.2, 0) is 0 Å². The number of nitrogens with two attached hydrogens (primary N) is 1. The Morgan fingerprint density at radius 3 is 2.67 bits per heavy atom. The van der Waals surface area contributed by atoms with Crippen molar-refractivity contribution in [3.05, 3.63) is 58.3 Å². The molecule has 106 valence electrons. The maximum absolute atomic E-state index is 13.6. The third kappa shape index (κ3) is 2.56. The summed E-state index contributed by atoms with van der Waals surface area (Å²) in [4.78, 5) is 0. The first-order chi connectivity index (χ1) is 10.1. The quantitative estimate of drug-likeness (QED) is 0.724. The van der Waals surface area contributed by atoms with Gasteiger partial charge in [-0.1, -0.05) is 45.4 Å². The molecule has 1 heterocycles. The smallest absolute Gasteiger partial charge is 0.177 e. The van der Waals surface area contributed by atoms with Gasteiger partial charge in [0.05, 0.1) is 5.56 Å². The van der Waals surface area contributed by atoms with E-state index < -0.39 is 0 Å². The summed E-state index contributed by atoms with van der Waals surface area (Å²) < 4.78 is 19.6. The molecule has 21 heavy (non-hydrogen) atoms. The van der Waals surface area contributed by atoms with Crippen molar-refractivity contribution in [2.75, 3.05) is 5.73 Å². The summed E-state index contributed by atoms with van der Waals surface area (Å²) in [6.45, 7) is 1.98. The lowest BCUT2D eigenvalue weighted by Gasteiger charge is -2.06. The van der Waals surface area contributed by atoms with E-state index in [0.29, 0.717) is 27.2 Å². The Morgan fingerprint density at radius 2 is 1.95 bits per heavy atom. The third-order valence-corrected chi connectivity index (χ3v) is 3.72. The zero-order chi connectivity index (χ0) is 15.0. The number of nitrogen functional groups attached to an aromatic ring is 1. The van der Waals surface area contributed by atoms with Gasteiger partial charge in [0.1, 0.15) is 5.82 Å². The molecule has 1 aromatic heterocycles. The van der Waals surface area contributed by atoms with Crippen molar-refractivity contribution in [1.82, 2.24) is 5.16 Å². The van der Waals surface area contributed by atoms with E-state index in [1.807, 2.05) is 31.2 Å². The van der Waals surface area contributed by atoms with Crippen molar-refractivity contribution < 1.29 is 8.91 Å². The van der Waals surface area contributed by atoms with Crippen molar-refractivity contribution >= 4 is 21.7 Å². The van der Waals surface area contributed by atoms with Crippen LogP contribution in [-0.4, -0.2) is 5.16 Å². The van der Waals surface area contributed by atoms with Gasteiger partial charge in [-0.3, -0.25) is 0 Å². The summed E-state index contributed by atoms with van der Waals surface area (Å²) in [6.07, 6.45) is 0. The Kier molecular flexibility index (Phi) is 3.51. The number of aromatic nitrogens is 1. The molecule has 3 aromatic rings. The number of halogens is 2. The molecule has 0 saturated carbocycles. The fourth-order valence-corrected chi connectivity index (χ4v) is 2.76. The Bertz CT molecular complexity index is 794. The molecule has 5 heteroatoms. The van der Waals surface area contributed by atoms with Crippen LogP contribution in [0.2, 0.25) is 0 Å². The highest BCUT2D eigenvalue weighted by Gasteiger charge is 2.19. The monoisotopic (exact) mass is 346 g/mol. The molecular weight excluding hydrogens is 335 g/mol. The molecule has 0 aliphatic rings. The van der Waals surface area contributed by atoms with Crippen LogP contribution in [0, 0.1) is 12.7 Å². The molecule has 3 rings (SSSR count). The van der Waals surface area contributed by atoms with Gasteiger partial charge in [0.2, 0.25) is 0 Å². The lowest BCUT2D eigenvalue weighted by Crippen LogP contribution is -1.91. The van der Waals surface area contributed by atoms with Crippen LogP contribution in [0.25, 0.3) is 22.5 Å². The Balaban J connectivity index is 2.24. The first-order valence-corrected chi connectivity index (χ1v) is 7.13. The molecule has 0 spiro atoms. The predicted molar refractivity (Wildman–Crippen MR) is 84.2 cm³/mol. The zero-order valence-corrected chi connectivity index (χ0v) is 12.8. The number of nitrogens with zero attached hydrogens (tertiary/aromatic N) is 1.